The van der Waals surface area contributed by atoms with Gasteiger partial charge in [-0.15, -0.1) is 0 Å². The van der Waals surface area contributed by atoms with Crippen LogP contribution in [0.3, 0.4) is 0 Å². The highest BCUT2D eigenvalue weighted by atomic mass is 32.2. The number of rotatable bonds is 4. The Labute approximate surface area is 147 Å². The summed E-state index contributed by atoms with van der Waals surface area (Å²) < 4.78 is 5.51. The first-order chi connectivity index (χ1) is 11.6. The van der Waals surface area contributed by atoms with Gasteiger partial charge in [-0.1, -0.05) is 42.2 Å². The predicted molar refractivity (Wildman–Crippen MR) is 94.3 cm³/mol. The number of hydrogen-bond donors (Lipinski definition) is 0. The Morgan fingerprint density at radius 3 is 2.83 bits per heavy atom. The van der Waals surface area contributed by atoms with E-state index in [1.165, 1.54) is 17.0 Å². The second kappa shape index (κ2) is 6.86. The van der Waals surface area contributed by atoms with Gasteiger partial charge in [0.1, 0.15) is 5.76 Å². The van der Waals surface area contributed by atoms with E-state index in [-0.39, 0.29) is 11.5 Å². The summed E-state index contributed by atoms with van der Waals surface area (Å²) in [5, 5.41) is 11.0. The van der Waals surface area contributed by atoms with Gasteiger partial charge in [0, 0.05) is 0 Å². The summed E-state index contributed by atoms with van der Waals surface area (Å²) in [5.74, 6) is -0.938. The van der Waals surface area contributed by atoms with Gasteiger partial charge in [-0.2, -0.15) is 0 Å². The van der Waals surface area contributed by atoms with Crippen LogP contribution in [0.25, 0.3) is 6.08 Å². The zero-order valence-electron chi connectivity index (χ0n) is 12.2. The molecule has 7 heteroatoms. The second-order valence-corrected chi connectivity index (χ2v) is 6.43. The number of carbonyl (C=O) groups excluding carboxylic acids is 2. The van der Waals surface area contributed by atoms with Gasteiger partial charge in [0.15, 0.2) is 4.32 Å². The molecule has 1 amide bonds. The second-order valence-electron chi connectivity index (χ2n) is 4.75. The number of nitrogens with zero attached hydrogens (tertiary/aromatic N) is 1. The van der Waals surface area contributed by atoms with Crippen molar-refractivity contribution < 1.29 is 19.1 Å². The Hall–Kier alpha value is -2.64. The quantitative estimate of drug-likeness (QED) is 0.619. The van der Waals surface area contributed by atoms with Crippen LogP contribution in [0.15, 0.2) is 64.1 Å². The van der Waals surface area contributed by atoms with Crippen molar-refractivity contribution >= 4 is 51.9 Å². The molecule has 0 radical (unpaired) electrons. The summed E-state index contributed by atoms with van der Waals surface area (Å²) in [6.45, 7) is 0. The number of benzene rings is 1. The fourth-order valence-electron chi connectivity index (χ4n) is 2.09. The molecule has 0 spiro atoms. The molecule has 1 fully saturated rings. The molecule has 5 nitrogen and oxygen atoms in total. The molecule has 0 unspecified atom stereocenters. The van der Waals surface area contributed by atoms with Crippen LogP contribution in [-0.4, -0.2) is 16.2 Å². The smallest absolute Gasteiger partial charge is 0.270 e. The molecule has 3 rings (SSSR count). The predicted octanol–water partition coefficient (Wildman–Crippen LogP) is 2.61. The molecule has 2 aromatic rings. The van der Waals surface area contributed by atoms with Crippen molar-refractivity contribution in [2.24, 2.45) is 0 Å². The number of anilines is 1. The van der Waals surface area contributed by atoms with E-state index < -0.39 is 5.97 Å². The van der Waals surface area contributed by atoms with Crippen LogP contribution in [0.5, 0.6) is 0 Å². The Bertz CT molecular complexity index is 868. The van der Waals surface area contributed by atoms with E-state index in [0.29, 0.717) is 20.7 Å². The van der Waals surface area contributed by atoms with Crippen molar-refractivity contribution in [3.63, 3.8) is 0 Å². The third kappa shape index (κ3) is 3.32. The number of aromatic carboxylic acids is 1. The highest BCUT2D eigenvalue weighted by Gasteiger charge is 2.32. The fourth-order valence-corrected chi connectivity index (χ4v) is 3.34. The summed E-state index contributed by atoms with van der Waals surface area (Å²) in [5.41, 5.74) is 0.390. The number of hydrogen-bond acceptors (Lipinski definition) is 6. The summed E-state index contributed by atoms with van der Waals surface area (Å²) in [7, 11) is 0. The normalized spacial score (nSPS) is 16.5. The molecule has 0 atom stereocenters. The van der Waals surface area contributed by atoms with Gasteiger partial charge in [0.05, 0.1) is 22.8 Å². The molecule has 1 aromatic heterocycles. The highest BCUT2D eigenvalue weighted by molar-refractivity contribution is 8.27. The summed E-state index contributed by atoms with van der Waals surface area (Å²) in [6, 6.07) is 9.49. The lowest BCUT2D eigenvalue weighted by atomic mass is 10.2. The number of carboxylic acids is 1. The van der Waals surface area contributed by atoms with E-state index in [1.807, 2.05) is 0 Å². The van der Waals surface area contributed by atoms with Crippen molar-refractivity contribution in [3.05, 3.63) is 71.0 Å². The van der Waals surface area contributed by atoms with Crippen LogP contribution in [0.4, 0.5) is 5.69 Å². The van der Waals surface area contributed by atoms with Crippen molar-refractivity contribution in [1.82, 2.24) is 0 Å². The first kappa shape index (κ1) is 16.2. The maximum atomic E-state index is 12.5. The van der Waals surface area contributed by atoms with E-state index in [4.69, 9.17) is 16.6 Å². The Kier molecular flexibility index (Phi) is 4.64. The summed E-state index contributed by atoms with van der Waals surface area (Å²) >= 11 is 6.39. The van der Waals surface area contributed by atoms with Gasteiger partial charge in [-0.25, -0.2) is 0 Å². The van der Waals surface area contributed by atoms with E-state index >= 15 is 0 Å². The van der Waals surface area contributed by atoms with Gasteiger partial charge in [-0.3, -0.25) is 9.69 Å². The van der Waals surface area contributed by atoms with Crippen LogP contribution in [0.1, 0.15) is 16.1 Å². The average Bonchev–Trinajstić information content (AvgIpc) is 3.16. The van der Waals surface area contributed by atoms with Crippen LogP contribution in [0, 0.1) is 0 Å². The lowest BCUT2D eigenvalue weighted by Gasteiger charge is -2.15. The zero-order chi connectivity index (χ0) is 17.1. The van der Waals surface area contributed by atoms with Crippen molar-refractivity contribution in [2.75, 3.05) is 4.90 Å². The van der Waals surface area contributed by atoms with Crippen LogP contribution >= 0.6 is 24.0 Å². The lowest BCUT2D eigenvalue weighted by molar-refractivity contribution is -0.255. The molecular weight excluding hydrogens is 346 g/mol. The Balaban J connectivity index is 1.84. The van der Waals surface area contributed by atoms with Gasteiger partial charge < -0.3 is 14.3 Å². The number of furan rings is 1. The van der Waals surface area contributed by atoms with E-state index in [2.05, 4.69) is 0 Å². The molecule has 1 aliphatic rings. The van der Waals surface area contributed by atoms with Crippen LogP contribution < -0.4 is 10.0 Å². The number of amides is 1. The summed E-state index contributed by atoms with van der Waals surface area (Å²) in [6.07, 6.45) is 6.62. The van der Waals surface area contributed by atoms with Crippen LogP contribution in [-0.2, 0) is 4.79 Å². The molecule has 120 valence electrons. The zero-order valence-corrected chi connectivity index (χ0v) is 13.8. The standard InChI is InChI=1S/C17H11NO4S2/c19-15-14(8-2-6-13-7-3-9-22-13)24-17(23)18(15)12-5-1-4-11(10-12)16(20)21/h1-10H,(H,20,21)/p-1. The van der Waals surface area contributed by atoms with Crippen molar-refractivity contribution in [1.29, 1.82) is 0 Å². The molecular formula is C17H10NO4S2-. The van der Waals surface area contributed by atoms with Crippen molar-refractivity contribution in [3.8, 4) is 0 Å². The summed E-state index contributed by atoms with van der Waals surface area (Å²) in [4.78, 5) is 25.2. The molecule has 1 aromatic carbocycles. The molecule has 2 heterocycles. The van der Waals surface area contributed by atoms with E-state index in [9.17, 15) is 14.7 Å². The van der Waals surface area contributed by atoms with Crippen molar-refractivity contribution in [2.45, 2.75) is 0 Å². The topological polar surface area (TPSA) is 73.6 Å². The third-order valence-corrected chi connectivity index (χ3v) is 4.51. The Morgan fingerprint density at radius 2 is 2.12 bits per heavy atom. The first-order valence-electron chi connectivity index (χ1n) is 6.86. The van der Waals surface area contributed by atoms with E-state index in [0.717, 1.165) is 11.8 Å². The molecule has 0 aliphatic carbocycles. The highest BCUT2D eigenvalue weighted by Crippen LogP contribution is 2.35. The maximum Gasteiger partial charge on any atom is 0.270 e. The minimum Gasteiger partial charge on any atom is -0.545 e. The van der Waals surface area contributed by atoms with Crippen LogP contribution in [0.2, 0.25) is 0 Å². The number of carbonyl (C=O) groups is 2. The number of carboxylic acid groups (broad SMARTS) is 1. The van der Waals surface area contributed by atoms with E-state index in [1.54, 1.807) is 48.8 Å². The molecule has 0 N–H and O–H groups in total. The largest absolute Gasteiger partial charge is 0.545 e. The fraction of sp³-hybridized carbons (Fsp3) is 0. The first-order valence-corrected chi connectivity index (χ1v) is 8.08. The Morgan fingerprint density at radius 1 is 1.29 bits per heavy atom. The molecule has 1 saturated heterocycles. The molecule has 0 saturated carbocycles. The minimum absolute atomic E-state index is 0.0109. The maximum absolute atomic E-state index is 12.5. The van der Waals surface area contributed by atoms with Gasteiger partial charge in [-0.05, 0) is 42.0 Å². The molecule has 0 bridgehead atoms. The SMILES string of the molecule is O=C([O-])c1cccc(N2C(=O)C(=CC=Cc3ccco3)SC2=S)c1. The number of allylic oxidation sites excluding steroid dienone is 2. The monoisotopic (exact) mass is 356 g/mol. The minimum atomic E-state index is -1.31. The third-order valence-electron chi connectivity index (χ3n) is 3.19. The lowest BCUT2D eigenvalue weighted by Crippen LogP contribution is -2.28. The molecule has 24 heavy (non-hydrogen) atoms. The molecule has 1 aliphatic heterocycles. The number of thioether (sulfide) groups is 1. The van der Waals surface area contributed by atoms with Gasteiger partial charge in [0.2, 0.25) is 0 Å². The van der Waals surface area contributed by atoms with Gasteiger partial charge in [0.25, 0.3) is 5.91 Å². The average molecular weight is 356 g/mol. The number of thiocarbonyl (C=S) groups is 1. The van der Waals surface area contributed by atoms with Gasteiger partial charge >= 0.3 is 0 Å².